The number of piperidine rings is 1. The van der Waals surface area contributed by atoms with Crippen molar-refractivity contribution in [1.29, 1.82) is 0 Å². The zero-order chi connectivity index (χ0) is 19.2. The van der Waals surface area contributed by atoms with Gasteiger partial charge in [0.1, 0.15) is 17.5 Å². The smallest absolute Gasteiger partial charge is 0.251 e. The maximum Gasteiger partial charge on any atom is 0.251 e. The summed E-state index contributed by atoms with van der Waals surface area (Å²) < 4.78 is 37.5. The molecule has 1 aliphatic heterocycles. The molecule has 134 valence electrons. The normalized spacial score (nSPS) is 23.8. The number of hydrogen-bond donors (Lipinski definition) is 2. The van der Waals surface area contributed by atoms with Crippen LogP contribution in [0.15, 0.2) is 42.6 Å². The Morgan fingerprint density at radius 3 is 2.77 bits per heavy atom. The number of primary amides is 1. The van der Waals surface area contributed by atoms with Crippen LogP contribution < -0.4 is 11.1 Å². The SMILES string of the molecule is [2H][C@]1(c2ccc(-n3cc4cc(F)cc(C(N)=O)c4n3)cc2)CNC[C@@H](F)C1. The third kappa shape index (κ3) is 3.06. The summed E-state index contributed by atoms with van der Waals surface area (Å²) in [6.45, 7) is 0.664. The van der Waals surface area contributed by atoms with Crippen LogP contribution in [0.25, 0.3) is 16.6 Å². The third-order valence-electron chi connectivity index (χ3n) is 4.55. The predicted octanol–water partition coefficient (Wildman–Crippen LogP) is 2.68. The number of alkyl halides is 1. The van der Waals surface area contributed by atoms with Crippen molar-refractivity contribution in [2.75, 3.05) is 13.1 Å². The Bertz CT molecular complexity index is 1020. The van der Waals surface area contributed by atoms with Crippen LogP contribution in [0, 0.1) is 5.82 Å². The molecule has 1 amide bonds. The van der Waals surface area contributed by atoms with Gasteiger partial charge in [-0.2, -0.15) is 5.10 Å². The molecule has 4 rings (SSSR count). The first-order valence-electron chi connectivity index (χ1n) is 8.80. The van der Waals surface area contributed by atoms with Gasteiger partial charge in [0.2, 0.25) is 0 Å². The Labute approximate surface area is 150 Å². The Balaban J connectivity index is 1.70. The molecule has 1 saturated heterocycles. The third-order valence-corrected chi connectivity index (χ3v) is 4.55. The van der Waals surface area contributed by atoms with E-state index in [9.17, 15) is 13.6 Å². The number of nitrogens with two attached hydrogens (primary N) is 1. The van der Waals surface area contributed by atoms with Crippen LogP contribution in [0.5, 0.6) is 0 Å². The molecule has 3 N–H and O–H groups in total. The molecule has 26 heavy (non-hydrogen) atoms. The number of amides is 1. The van der Waals surface area contributed by atoms with Crippen molar-refractivity contribution < 1.29 is 14.9 Å². The average molecular weight is 357 g/mol. The standard InChI is InChI=1S/C19H18F2N4O/c20-14-6-13-10-25(24-18(13)17(7-14)19(22)26)16-3-1-11(2-4-16)12-5-15(21)9-23-8-12/h1-4,6-7,10,12,15,23H,5,8-9H2,(H2,22,26)/t12-,15+/m1/s1/i12D. The summed E-state index contributed by atoms with van der Waals surface area (Å²) >= 11 is 0. The number of carbonyl (C=O) groups is 1. The second-order valence-electron chi connectivity index (χ2n) is 6.41. The van der Waals surface area contributed by atoms with Gasteiger partial charge in [-0.05, 0) is 42.1 Å². The van der Waals surface area contributed by atoms with E-state index in [0.29, 0.717) is 28.7 Å². The van der Waals surface area contributed by atoms with E-state index >= 15 is 0 Å². The molecule has 0 spiro atoms. The fourth-order valence-electron chi connectivity index (χ4n) is 3.28. The van der Waals surface area contributed by atoms with E-state index in [1.165, 1.54) is 10.7 Å². The number of benzene rings is 2. The zero-order valence-electron chi connectivity index (χ0n) is 14.9. The molecule has 0 radical (unpaired) electrons. The van der Waals surface area contributed by atoms with Gasteiger partial charge in [-0.25, -0.2) is 13.5 Å². The van der Waals surface area contributed by atoms with E-state index in [2.05, 4.69) is 10.4 Å². The van der Waals surface area contributed by atoms with Crippen molar-refractivity contribution in [3.63, 3.8) is 0 Å². The van der Waals surface area contributed by atoms with Crippen LogP contribution >= 0.6 is 0 Å². The zero-order valence-corrected chi connectivity index (χ0v) is 13.9. The monoisotopic (exact) mass is 357 g/mol. The van der Waals surface area contributed by atoms with Gasteiger partial charge in [-0.1, -0.05) is 12.1 Å². The molecular formula is C19H18F2N4O. The van der Waals surface area contributed by atoms with E-state index in [-0.39, 0.29) is 18.5 Å². The van der Waals surface area contributed by atoms with E-state index < -0.39 is 23.8 Å². The summed E-state index contributed by atoms with van der Waals surface area (Å²) in [4.78, 5) is 11.5. The molecule has 2 atom stereocenters. The molecule has 1 aromatic heterocycles. The van der Waals surface area contributed by atoms with Crippen LogP contribution in [0.3, 0.4) is 0 Å². The maximum absolute atomic E-state index is 13.7. The fraction of sp³-hybridized carbons (Fsp3) is 0.263. The minimum atomic E-state index is -1.05. The van der Waals surface area contributed by atoms with Gasteiger partial charge >= 0.3 is 0 Å². The van der Waals surface area contributed by atoms with Gasteiger partial charge in [0.05, 0.1) is 11.3 Å². The molecule has 0 aliphatic carbocycles. The highest BCUT2D eigenvalue weighted by Gasteiger charge is 2.22. The highest BCUT2D eigenvalue weighted by Crippen LogP contribution is 2.26. The van der Waals surface area contributed by atoms with Crippen LogP contribution in [0.4, 0.5) is 8.78 Å². The van der Waals surface area contributed by atoms with E-state index in [0.717, 1.165) is 6.07 Å². The van der Waals surface area contributed by atoms with Crippen molar-refractivity contribution in [2.24, 2.45) is 5.73 Å². The quantitative estimate of drug-likeness (QED) is 0.757. The Morgan fingerprint density at radius 2 is 2.08 bits per heavy atom. The van der Waals surface area contributed by atoms with Crippen molar-refractivity contribution in [1.82, 2.24) is 15.1 Å². The Kier molecular flexibility index (Phi) is 3.86. The number of nitrogens with one attached hydrogen (secondary N) is 1. The van der Waals surface area contributed by atoms with Crippen LogP contribution in [0.2, 0.25) is 0 Å². The van der Waals surface area contributed by atoms with Crippen molar-refractivity contribution in [2.45, 2.75) is 18.5 Å². The molecule has 1 aliphatic rings. The minimum Gasteiger partial charge on any atom is -0.366 e. The predicted molar refractivity (Wildman–Crippen MR) is 94.7 cm³/mol. The number of aromatic nitrogens is 2. The molecule has 1 fully saturated rings. The van der Waals surface area contributed by atoms with Crippen molar-refractivity contribution in [3.05, 3.63) is 59.5 Å². The maximum atomic E-state index is 13.7. The second kappa shape index (κ2) is 6.49. The number of fused-ring (bicyclic) bond motifs is 1. The van der Waals surface area contributed by atoms with E-state index in [4.69, 9.17) is 7.10 Å². The summed E-state index contributed by atoms with van der Waals surface area (Å²) in [7, 11) is 0. The van der Waals surface area contributed by atoms with Gasteiger partial charge in [0.25, 0.3) is 5.91 Å². The summed E-state index contributed by atoms with van der Waals surface area (Å²) in [6, 6.07) is 9.42. The summed E-state index contributed by atoms with van der Waals surface area (Å²) in [5.41, 5.74) is 7.04. The lowest BCUT2D eigenvalue weighted by atomic mass is 9.91. The largest absolute Gasteiger partial charge is 0.366 e. The molecule has 5 nitrogen and oxygen atoms in total. The van der Waals surface area contributed by atoms with Gasteiger partial charge in [0.15, 0.2) is 0 Å². The first-order valence-corrected chi connectivity index (χ1v) is 8.30. The first kappa shape index (κ1) is 15.5. The molecule has 0 bridgehead atoms. The summed E-state index contributed by atoms with van der Waals surface area (Å²) in [5, 5.41) is 7.76. The van der Waals surface area contributed by atoms with Gasteiger partial charge in [-0.15, -0.1) is 0 Å². The van der Waals surface area contributed by atoms with Gasteiger partial charge in [0, 0.05) is 26.0 Å². The van der Waals surface area contributed by atoms with Crippen LogP contribution in [0.1, 0.15) is 29.6 Å². The fourth-order valence-corrected chi connectivity index (χ4v) is 3.28. The number of rotatable bonds is 3. The summed E-state index contributed by atoms with van der Waals surface area (Å²) in [5.74, 6) is -2.33. The van der Waals surface area contributed by atoms with Crippen molar-refractivity contribution in [3.8, 4) is 5.69 Å². The molecule has 0 saturated carbocycles. The highest BCUT2D eigenvalue weighted by atomic mass is 19.1. The first-order chi connectivity index (χ1) is 12.9. The molecular weight excluding hydrogens is 338 g/mol. The average Bonchev–Trinajstić information content (AvgIpc) is 3.04. The number of hydrogen-bond acceptors (Lipinski definition) is 3. The molecule has 3 aromatic rings. The van der Waals surface area contributed by atoms with E-state index in [1.807, 2.05) is 0 Å². The lowest BCUT2D eigenvalue weighted by Gasteiger charge is -2.26. The topological polar surface area (TPSA) is 72.9 Å². The van der Waals surface area contributed by atoms with Crippen molar-refractivity contribution >= 4 is 16.8 Å². The lowest BCUT2D eigenvalue weighted by molar-refractivity contribution is 0.100. The Hall–Kier alpha value is -2.80. The summed E-state index contributed by atoms with van der Waals surface area (Å²) in [6.07, 6.45) is 0.706. The van der Waals surface area contributed by atoms with Crippen LogP contribution in [-0.2, 0) is 0 Å². The second-order valence-corrected chi connectivity index (χ2v) is 6.41. The molecule has 2 heterocycles. The number of nitrogens with zero attached hydrogens (tertiary/aromatic N) is 2. The van der Waals surface area contributed by atoms with Gasteiger partial charge in [-0.3, -0.25) is 4.79 Å². The van der Waals surface area contributed by atoms with Crippen LogP contribution in [-0.4, -0.2) is 34.9 Å². The molecule has 0 unspecified atom stereocenters. The molecule has 7 heteroatoms. The molecule has 2 aromatic carbocycles. The van der Waals surface area contributed by atoms with E-state index in [1.54, 1.807) is 30.5 Å². The number of carbonyl (C=O) groups excluding carboxylic acids is 1. The number of halogens is 2. The van der Waals surface area contributed by atoms with Gasteiger partial charge < -0.3 is 11.1 Å². The lowest BCUT2D eigenvalue weighted by Crippen LogP contribution is -2.36. The minimum absolute atomic E-state index is 0.0211. The Morgan fingerprint density at radius 1 is 1.31 bits per heavy atom. The highest BCUT2D eigenvalue weighted by molar-refractivity contribution is 6.04.